The van der Waals surface area contributed by atoms with Crippen molar-refractivity contribution in [3.05, 3.63) is 84.3 Å². The lowest BCUT2D eigenvalue weighted by Gasteiger charge is -2.06. The molecular weight excluding hydrogens is 448 g/mol. The summed E-state index contributed by atoms with van der Waals surface area (Å²) < 4.78 is 34.1. The molecule has 1 aromatic heterocycles. The maximum atomic E-state index is 14.6. The molecule has 3 rings (SSSR count). The van der Waals surface area contributed by atoms with Gasteiger partial charge in [-0.05, 0) is 43.2 Å². The zero-order chi connectivity index (χ0) is 24.1. The number of rotatable bonds is 6. The molecule has 0 radical (unpaired) electrons. The van der Waals surface area contributed by atoms with Crippen LogP contribution >= 0.6 is 11.3 Å². The molecule has 0 aliphatic heterocycles. The third kappa shape index (κ3) is 5.25. The van der Waals surface area contributed by atoms with E-state index < -0.39 is 23.1 Å². The zero-order valence-corrected chi connectivity index (χ0v) is 19.1. The Balaban J connectivity index is 2.35. The number of methoxy groups -OCH3 is 1. The number of nitriles is 1. The minimum Gasteiger partial charge on any atom is -0.383 e. The van der Waals surface area contributed by atoms with E-state index in [-0.39, 0.29) is 33.6 Å². The summed E-state index contributed by atoms with van der Waals surface area (Å²) in [5.41, 5.74) is 1.49. The molecule has 0 atom stereocenters. The van der Waals surface area contributed by atoms with E-state index >= 15 is 0 Å². The standard InChI is InChI=1S/C24H21F2N3O3S/c1-14-4-5-16(15(2)10-14)11-21-23(31)29(20-7-6-17(25)12-19(20)26)24(33-21)18(13-27)22(30)28-8-9-32-3/h4-7,10-12H,8-9H2,1-3H3,(H,28,30)/b21-11-,24-18-. The Hall–Kier alpha value is -3.61. The summed E-state index contributed by atoms with van der Waals surface area (Å²) in [6, 6.07) is 10.2. The van der Waals surface area contributed by atoms with Crippen LogP contribution in [-0.4, -0.2) is 30.7 Å². The summed E-state index contributed by atoms with van der Waals surface area (Å²) in [4.78, 5) is 26.0. The maximum absolute atomic E-state index is 14.6. The van der Waals surface area contributed by atoms with Gasteiger partial charge in [0.05, 0.1) is 16.8 Å². The molecule has 0 spiro atoms. The first-order valence-corrected chi connectivity index (χ1v) is 10.8. The third-order valence-corrected chi connectivity index (χ3v) is 5.92. The smallest absolute Gasteiger partial charge is 0.273 e. The van der Waals surface area contributed by atoms with Crippen LogP contribution in [0, 0.1) is 36.8 Å². The van der Waals surface area contributed by atoms with Crippen molar-refractivity contribution in [1.29, 1.82) is 5.26 Å². The molecule has 0 aliphatic carbocycles. The summed E-state index contributed by atoms with van der Waals surface area (Å²) in [6.07, 6.45) is 1.63. The van der Waals surface area contributed by atoms with E-state index in [2.05, 4.69) is 5.32 Å². The van der Waals surface area contributed by atoms with E-state index in [1.165, 1.54) is 7.11 Å². The molecule has 0 unspecified atom stereocenters. The van der Waals surface area contributed by atoms with Gasteiger partial charge in [-0.2, -0.15) is 5.26 Å². The van der Waals surface area contributed by atoms with E-state index in [0.29, 0.717) is 6.07 Å². The Labute approximate surface area is 192 Å². The van der Waals surface area contributed by atoms with Crippen molar-refractivity contribution < 1.29 is 18.3 Å². The van der Waals surface area contributed by atoms with E-state index in [1.807, 2.05) is 38.1 Å². The molecule has 170 valence electrons. The van der Waals surface area contributed by atoms with Gasteiger partial charge < -0.3 is 10.1 Å². The van der Waals surface area contributed by atoms with Crippen LogP contribution in [0.3, 0.4) is 0 Å². The van der Waals surface area contributed by atoms with E-state index in [4.69, 9.17) is 4.74 Å². The van der Waals surface area contributed by atoms with Gasteiger partial charge in [-0.25, -0.2) is 8.78 Å². The number of carbonyl (C=O) groups is 1. The fraction of sp³-hybridized carbons (Fsp3) is 0.208. The number of nitrogens with zero attached hydrogens (tertiary/aromatic N) is 2. The van der Waals surface area contributed by atoms with Crippen LogP contribution in [0.2, 0.25) is 0 Å². The normalized spacial score (nSPS) is 12.4. The average molecular weight is 470 g/mol. The molecule has 9 heteroatoms. The second kappa shape index (κ2) is 10.3. The van der Waals surface area contributed by atoms with Gasteiger partial charge in [0.1, 0.15) is 22.4 Å². The zero-order valence-electron chi connectivity index (χ0n) is 18.2. The molecule has 6 nitrogen and oxygen atoms in total. The molecule has 1 N–H and O–H groups in total. The van der Waals surface area contributed by atoms with Crippen molar-refractivity contribution in [2.24, 2.45) is 0 Å². The first-order chi connectivity index (χ1) is 15.8. The van der Waals surface area contributed by atoms with Gasteiger partial charge in [-0.3, -0.25) is 14.2 Å². The topological polar surface area (TPSA) is 84.1 Å². The molecule has 3 aromatic rings. The minimum absolute atomic E-state index is 0.0565. The van der Waals surface area contributed by atoms with Crippen molar-refractivity contribution in [2.45, 2.75) is 13.8 Å². The number of ether oxygens (including phenoxy) is 1. The van der Waals surface area contributed by atoms with Crippen molar-refractivity contribution in [1.82, 2.24) is 9.88 Å². The Morgan fingerprint density at radius 2 is 2.00 bits per heavy atom. The van der Waals surface area contributed by atoms with Crippen molar-refractivity contribution in [3.63, 3.8) is 0 Å². The van der Waals surface area contributed by atoms with E-state index in [9.17, 15) is 23.6 Å². The fourth-order valence-electron chi connectivity index (χ4n) is 3.21. The number of hydrogen-bond acceptors (Lipinski definition) is 5. The van der Waals surface area contributed by atoms with Gasteiger partial charge in [0.2, 0.25) is 0 Å². The van der Waals surface area contributed by atoms with Crippen LogP contribution in [0.5, 0.6) is 0 Å². The number of nitrogens with one attached hydrogen (secondary N) is 1. The molecule has 2 aromatic carbocycles. The number of hydrogen-bond donors (Lipinski definition) is 1. The Kier molecular flexibility index (Phi) is 7.53. The van der Waals surface area contributed by atoms with Crippen LogP contribution in [0.1, 0.15) is 16.7 Å². The first-order valence-electron chi connectivity index (χ1n) is 9.94. The molecule has 0 fully saturated rings. The summed E-state index contributed by atoms with van der Waals surface area (Å²) in [5.74, 6) is -2.54. The number of aromatic nitrogens is 1. The molecule has 1 amide bonds. The SMILES string of the molecule is COCCNC(=O)/C(C#N)=c1\s/c(=C\c2ccc(C)cc2C)c(=O)n1-c1ccc(F)cc1F. The summed E-state index contributed by atoms with van der Waals surface area (Å²) in [7, 11) is 1.46. The number of halogens is 2. The predicted molar refractivity (Wildman–Crippen MR) is 122 cm³/mol. The quantitative estimate of drug-likeness (QED) is 0.561. The number of benzene rings is 2. The van der Waals surface area contributed by atoms with Crippen LogP contribution in [0.15, 0.2) is 41.2 Å². The van der Waals surface area contributed by atoms with Crippen molar-refractivity contribution in [2.75, 3.05) is 20.3 Å². The highest BCUT2D eigenvalue weighted by Crippen LogP contribution is 2.13. The highest BCUT2D eigenvalue weighted by molar-refractivity contribution is 7.07. The van der Waals surface area contributed by atoms with Crippen molar-refractivity contribution in [3.8, 4) is 11.8 Å². The molecule has 33 heavy (non-hydrogen) atoms. The summed E-state index contributed by atoms with van der Waals surface area (Å²) in [5, 5.41) is 12.2. The van der Waals surface area contributed by atoms with Gasteiger partial charge in [0.25, 0.3) is 11.5 Å². The Morgan fingerprint density at radius 1 is 1.24 bits per heavy atom. The minimum atomic E-state index is -0.994. The number of aryl methyl sites for hydroxylation is 2. The first kappa shape index (κ1) is 24.0. The highest BCUT2D eigenvalue weighted by atomic mass is 32.1. The number of thiazole rings is 1. The molecule has 0 aliphatic rings. The number of carbonyl (C=O) groups excluding carboxylic acids is 1. The lowest BCUT2D eigenvalue weighted by atomic mass is 10.1. The van der Waals surface area contributed by atoms with Gasteiger partial charge in [-0.1, -0.05) is 23.8 Å². The molecule has 0 saturated heterocycles. The third-order valence-electron chi connectivity index (χ3n) is 4.83. The monoisotopic (exact) mass is 469 g/mol. The van der Waals surface area contributed by atoms with Gasteiger partial charge in [0, 0.05) is 19.7 Å². The molecule has 0 saturated carbocycles. The van der Waals surface area contributed by atoms with Crippen LogP contribution in [0.25, 0.3) is 17.3 Å². The van der Waals surface area contributed by atoms with Crippen LogP contribution in [0.4, 0.5) is 8.78 Å². The molecule has 1 heterocycles. The lowest BCUT2D eigenvalue weighted by molar-refractivity contribution is -0.115. The van der Waals surface area contributed by atoms with Crippen molar-refractivity contribution >= 4 is 28.9 Å². The Morgan fingerprint density at radius 3 is 2.64 bits per heavy atom. The van der Waals surface area contributed by atoms with Crippen LogP contribution in [-0.2, 0) is 9.53 Å². The average Bonchev–Trinajstić information content (AvgIpc) is 3.06. The fourth-order valence-corrected chi connectivity index (χ4v) is 4.30. The van der Waals surface area contributed by atoms with Gasteiger partial charge in [0.15, 0.2) is 5.57 Å². The van der Waals surface area contributed by atoms with E-state index in [1.54, 1.807) is 6.08 Å². The second-order valence-electron chi connectivity index (χ2n) is 7.25. The molecular formula is C24H21F2N3O3S. The highest BCUT2D eigenvalue weighted by Gasteiger charge is 2.19. The number of amides is 1. The largest absolute Gasteiger partial charge is 0.383 e. The molecule has 0 bridgehead atoms. The maximum Gasteiger partial charge on any atom is 0.273 e. The second-order valence-corrected chi connectivity index (χ2v) is 8.28. The predicted octanol–water partition coefficient (Wildman–Crippen LogP) is 2.06. The van der Waals surface area contributed by atoms with Crippen LogP contribution < -0.4 is 20.1 Å². The lowest BCUT2D eigenvalue weighted by Crippen LogP contribution is -2.35. The van der Waals surface area contributed by atoms with Gasteiger partial charge in [-0.15, -0.1) is 11.3 Å². The van der Waals surface area contributed by atoms with E-state index in [0.717, 1.165) is 44.7 Å². The van der Waals surface area contributed by atoms with Gasteiger partial charge >= 0.3 is 0 Å². The Bertz CT molecular complexity index is 1430. The summed E-state index contributed by atoms with van der Waals surface area (Å²) in [6.45, 7) is 4.20. The summed E-state index contributed by atoms with van der Waals surface area (Å²) >= 11 is 0.885.